The molecule has 0 saturated carbocycles. The normalized spacial score (nSPS) is 11.7. The summed E-state index contributed by atoms with van der Waals surface area (Å²) in [5.74, 6) is -7.93. The third kappa shape index (κ3) is 1.25. The van der Waals surface area contributed by atoms with E-state index in [1.54, 1.807) is 5.10 Å². The zero-order valence-electron chi connectivity index (χ0n) is 7.29. The maximum Gasteiger partial charge on any atom is 0.280 e. The highest BCUT2D eigenvalue weighted by atomic mass is 19.3. The monoisotopic (exact) mass is 240 g/mol. The zero-order valence-corrected chi connectivity index (χ0v) is 7.29. The average Bonchev–Trinajstić information content (AvgIpc) is 2.67. The first-order valence-electron chi connectivity index (χ1n) is 3.93. The van der Waals surface area contributed by atoms with Gasteiger partial charge in [0.2, 0.25) is 0 Å². The molecule has 1 heterocycles. The summed E-state index contributed by atoms with van der Waals surface area (Å²) >= 11 is 0. The highest BCUT2D eigenvalue weighted by molar-refractivity contribution is 5.83. The summed E-state index contributed by atoms with van der Waals surface area (Å²) in [5.41, 5.74) is -2.09. The van der Waals surface area contributed by atoms with E-state index < -0.39 is 46.3 Å². The molecule has 1 aromatic carbocycles. The first-order chi connectivity index (χ1) is 7.45. The van der Waals surface area contributed by atoms with Gasteiger partial charge in [-0.1, -0.05) is 0 Å². The van der Waals surface area contributed by atoms with Crippen LogP contribution in [0.3, 0.4) is 0 Å². The van der Waals surface area contributed by atoms with Gasteiger partial charge in [0.1, 0.15) is 11.2 Å². The largest absolute Gasteiger partial charge is 0.280 e. The van der Waals surface area contributed by atoms with Crippen LogP contribution in [0.5, 0.6) is 0 Å². The molecule has 0 aliphatic heterocycles. The topological polar surface area (TPSA) is 28.7 Å². The quantitative estimate of drug-likeness (QED) is 0.463. The van der Waals surface area contributed by atoms with Gasteiger partial charge in [-0.15, -0.1) is 0 Å². The zero-order chi connectivity index (χ0) is 12.0. The number of hydrogen-bond acceptors (Lipinski definition) is 1. The van der Waals surface area contributed by atoms with Crippen molar-refractivity contribution in [2.45, 2.75) is 6.43 Å². The van der Waals surface area contributed by atoms with Crippen LogP contribution in [0.1, 0.15) is 12.1 Å². The number of nitrogens with one attached hydrogen (secondary N) is 1. The number of rotatable bonds is 1. The number of aromatic nitrogens is 2. The molecule has 0 fully saturated rings. The fourth-order valence-electron chi connectivity index (χ4n) is 1.30. The fraction of sp³-hybridized carbons (Fsp3) is 0.125. The minimum Gasteiger partial charge on any atom is -0.275 e. The second-order valence-corrected chi connectivity index (χ2v) is 2.92. The maximum absolute atomic E-state index is 13.1. The molecule has 1 N–H and O–H groups in total. The predicted octanol–water partition coefficient (Wildman–Crippen LogP) is 3.06. The Morgan fingerprint density at radius 2 is 1.44 bits per heavy atom. The van der Waals surface area contributed by atoms with Crippen LogP contribution in [0.4, 0.5) is 26.3 Å². The highest BCUT2D eigenvalue weighted by Gasteiger charge is 2.27. The summed E-state index contributed by atoms with van der Waals surface area (Å²) < 4.78 is 76.2. The second kappa shape index (κ2) is 3.39. The summed E-state index contributed by atoms with van der Waals surface area (Å²) in [4.78, 5) is 0. The average molecular weight is 240 g/mol. The number of halogens is 6. The van der Waals surface area contributed by atoms with Gasteiger partial charge in [0.05, 0.1) is 5.39 Å². The number of fused-ring (bicyclic) bond motifs is 1. The molecule has 8 heteroatoms. The van der Waals surface area contributed by atoms with Crippen molar-refractivity contribution in [2.24, 2.45) is 0 Å². The Morgan fingerprint density at radius 3 is 2.00 bits per heavy atom. The van der Waals surface area contributed by atoms with Gasteiger partial charge in [-0.2, -0.15) is 5.10 Å². The lowest BCUT2D eigenvalue weighted by Crippen LogP contribution is -1.98. The molecule has 0 aliphatic rings. The van der Waals surface area contributed by atoms with Gasteiger partial charge in [0.25, 0.3) is 6.43 Å². The van der Waals surface area contributed by atoms with Crippen LogP contribution in [0.15, 0.2) is 0 Å². The molecular weight excluding hydrogens is 238 g/mol. The lowest BCUT2D eigenvalue weighted by molar-refractivity contribution is 0.147. The van der Waals surface area contributed by atoms with Crippen molar-refractivity contribution in [3.05, 3.63) is 29.0 Å². The SMILES string of the molecule is Fc1c(F)c(F)c2c(C(F)F)[nH]nc2c1F. The summed E-state index contributed by atoms with van der Waals surface area (Å²) in [6.45, 7) is 0. The van der Waals surface area contributed by atoms with Gasteiger partial charge < -0.3 is 0 Å². The van der Waals surface area contributed by atoms with Crippen molar-refractivity contribution < 1.29 is 26.3 Å². The van der Waals surface area contributed by atoms with Crippen molar-refractivity contribution in [3.8, 4) is 0 Å². The fourth-order valence-corrected chi connectivity index (χ4v) is 1.30. The number of nitrogens with zero attached hydrogens (tertiary/aromatic N) is 1. The maximum atomic E-state index is 13.1. The van der Waals surface area contributed by atoms with Crippen LogP contribution < -0.4 is 0 Å². The standard InChI is InChI=1S/C8H2F6N2/c9-2-1-6(5(12)4(11)3(2)10)15-16-7(1)8(13)14/h8H,(H,15,16). The van der Waals surface area contributed by atoms with Gasteiger partial charge in [-0.3, -0.25) is 5.10 Å². The summed E-state index contributed by atoms with van der Waals surface area (Å²) in [6, 6.07) is 0. The molecule has 2 aromatic rings. The summed E-state index contributed by atoms with van der Waals surface area (Å²) in [6.07, 6.45) is -3.20. The Hall–Kier alpha value is -1.73. The molecule has 0 amide bonds. The van der Waals surface area contributed by atoms with E-state index in [1.807, 2.05) is 0 Å². The number of H-pyrrole nitrogens is 1. The predicted molar refractivity (Wildman–Crippen MR) is 40.9 cm³/mol. The molecule has 0 unspecified atom stereocenters. The smallest absolute Gasteiger partial charge is 0.275 e. The summed E-state index contributed by atoms with van der Waals surface area (Å²) in [7, 11) is 0. The number of alkyl halides is 2. The van der Waals surface area contributed by atoms with Gasteiger partial charge in [-0.25, -0.2) is 26.3 Å². The highest BCUT2D eigenvalue weighted by Crippen LogP contribution is 2.31. The number of hydrogen-bond donors (Lipinski definition) is 1. The van der Waals surface area contributed by atoms with Crippen molar-refractivity contribution >= 4 is 10.9 Å². The van der Waals surface area contributed by atoms with Crippen molar-refractivity contribution in [1.29, 1.82) is 0 Å². The third-order valence-corrected chi connectivity index (χ3v) is 2.02. The van der Waals surface area contributed by atoms with E-state index in [1.165, 1.54) is 0 Å². The first-order valence-corrected chi connectivity index (χ1v) is 3.93. The van der Waals surface area contributed by atoms with Crippen LogP contribution in [0.25, 0.3) is 10.9 Å². The van der Waals surface area contributed by atoms with Crippen LogP contribution in [-0.2, 0) is 0 Å². The second-order valence-electron chi connectivity index (χ2n) is 2.92. The van der Waals surface area contributed by atoms with Crippen LogP contribution in [-0.4, -0.2) is 10.2 Å². The molecule has 0 spiro atoms. The number of benzene rings is 1. The lowest BCUT2D eigenvalue weighted by Gasteiger charge is -2.00. The molecule has 16 heavy (non-hydrogen) atoms. The Balaban J connectivity index is 2.94. The molecular formula is C8H2F6N2. The molecule has 1 aromatic heterocycles. The van der Waals surface area contributed by atoms with E-state index in [0.717, 1.165) is 0 Å². The van der Waals surface area contributed by atoms with E-state index in [2.05, 4.69) is 5.10 Å². The Kier molecular flexibility index (Phi) is 2.28. The Labute approximate surface area is 83.9 Å². The first kappa shape index (κ1) is 10.8. The van der Waals surface area contributed by atoms with E-state index >= 15 is 0 Å². The molecule has 86 valence electrons. The Bertz CT molecular complexity index is 561. The van der Waals surface area contributed by atoms with Gasteiger partial charge >= 0.3 is 0 Å². The molecule has 0 bridgehead atoms. The lowest BCUT2D eigenvalue weighted by atomic mass is 10.2. The Morgan fingerprint density at radius 1 is 0.875 bits per heavy atom. The van der Waals surface area contributed by atoms with Gasteiger partial charge in [-0.05, 0) is 0 Å². The van der Waals surface area contributed by atoms with E-state index in [9.17, 15) is 26.3 Å². The van der Waals surface area contributed by atoms with Crippen molar-refractivity contribution in [3.63, 3.8) is 0 Å². The van der Waals surface area contributed by atoms with Crippen LogP contribution in [0.2, 0.25) is 0 Å². The van der Waals surface area contributed by atoms with Crippen LogP contribution >= 0.6 is 0 Å². The molecule has 0 saturated heterocycles. The molecule has 2 nitrogen and oxygen atoms in total. The minimum absolute atomic E-state index is 0.994. The molecule has 2 rings (SSSR count). The van der Waals surface area contributed by atoms with Gasteiger partial charge in [0.15, 0.2) is 23.3 Å². The van der Waals surface area contributed by atoms with Gasteiger partial charge in [0, 0.05) is 0 Å². The molecule has 0 aliphatic carbocycles. The van der Waals surface area contributed by atoms with E-state index in [0.29, 0.717) is 0 Å². The minimum atomic E-state index is -3.20. The molecule has 0 radical (unpaired) electrons. The van der Waals surface area contributed by atoms with Crippen LogP contribution in [0, 0.1) is 23.3 Å². The van der Waals surface area contributed by atoms with Crippen molar-refractivity contribution in [1.82, 2.24) is 10.2 Å². The number of aromatic amines is 1. The summed E-state index contributed by atoms with van der Waals surface area (Å²) in [5, 5.41) is 3.53. The molecule has 0 atom stereocenters. The third-order valence-electron chi connectivity index (χ3n) is 2.02. The van der Waals surface area contributed by atoms with Crippen molar-refractivity contribution in [2.75, 3.05) is 0 Å². The van der Waals surface area contributed by atoms with E-state index in [-0.39, 0.29) is 0 Å². The van der Waals surface area contributed by atoms with E-state index in [4.69, 9.17) is 0 Å².